The van der Waals surface area contributed by atoms with Crippen molar-refractivity contribution in [3.8, 4) is 0 Å². The molecule has 0 unspecified atom stereocenters. The Bertz CT molecular complexity index is 741. The van der Waals surface area contributed by atoms with Crippen molar-refractivity contribution < 1.29 is 26.5 Å². The van der Waals surface area contributed by atoms with Gasteiger partial charge < -0.3 is 9.31 Å². The minimum atomic E-state index is -3.82. The summed E-state index contributed by atoms with van der Waals surface area (Å²) in [5.41, 5.74) is -0.272. The fourth-order valence-corrected chi connectivity index (χ4v) is 4.05. The van der Waals surface area contributed by atoms with Crippen molar-refractivity contribution in [1.82, 2.24) is 4.72 Å². The number of alkyl halides is 2. The Hall–Kier alpha value is -1.03. The lowest BCUT2D eigenvalue weighted by molar-refractivity contribution is -0.0876. The van der Waals surface area contributed by atoms with Crippen molar-refractivity contribution in [3.63, 3.8) is 0 Å². The molecule has 1 aromatic rings. The number of halogens is 2. The van der Waals surface area contributed by atoms with Gasteiger partial charge in [0.05, 0.1) is 16.1 Å². The summed E-state index contributed by atoms with van der Waals surface area (Å²) in [4.78, 5) is 0.0305. The maximum atomic E-state index is 12.9. The van der Waals surface area contributed by atoms with Crippen LogP contribution < -0.4 is 10.2 Å². The molecule has 0 aromatic heterocycles. The highest BCUT2D eigenvalue weighted by atomic mass is 32.2. The predicted molar refractivity (Wildman–Crippen MR) is 90.4 cm³/mol. The van der Waals surface area contributed by atoms with E-state index in [9.17, 15) is 17.2 Å². The number of hydrogen-bond donors (Lipinski definition) is 1. The van der Waals surface area contributed by atoms with Gasteiger partial charge in [0, 0.05) is 18.9 Å². The van der Waals surface area contributed by atoms with Crippen LogP contribution in [0.1, 0.15) is 40.5 Å². The molecular formula is C16H22BF2NO4S. The first-order valence-electron chi connectivity index (χ1n) is 8.17. The maximum Gasteiger partial charge on any atom is 0.494 e. The molecule has 138 valence electrons. The lowest BCUT2D eigenvalue weighted by Gasteiger charge is -2.34. The second kappa shape index (κ2) is 5.74. The predicted octanol–water partition coefficient (Wildman–Crippen LogP) is 2.06. The topological polar surface area (TPSA) is 64.6 Å². The standard InChI is InChI=1S/C16H22BF2NO4S/c1-14(2)15(3,4)24-17(23-14)11-5-7-13(8-6-11)25(21,22)20-12-9-16(18,19)10-12/h5-8,12,20H,9-10H2,1-4H3. The van der Waals surface area contributed by atoms with Gasteiger partial charge in [-0.05, 0) is 45.3 Å². The van der Waals surface area contributed by atoms with Crippen LogP contribution in [-0.4, -0.2) is 38.7 Å². The van der Waals surface area contributed by atoms with E-state index in [2.05, 4.69) is 4.72 Å². The Morgan fingerprint density at radius 3 is 1.96 bits per heavy atom. The van der Waals surface area contributed by atoms with Gasteiger partial charge in [0.25, 0.3) is 5.92 Å². The quantitative estimate of drug-likeness (QED) is 0.821. The van der Waals surface area contributed by atoms with Crippen LogP contribution in [0.5, 0.6) is 0 Å². The molecule has 3 rings (SSSR count). The fraction of sp³-hybridized carbons (Fsp3) is 0.625. The number of sulfonamides is 1. The Kier molecular flexibility index (Phi) is 4.30. The van der Waals surface area contributed by atoms with E-state index in [1.54, 1.807) is 12.1 Å². The van der Waals surface area contributed by atoms with E-state index in [-0.39, 0.29) is 4.90 Å². The first kappa shape index (κ1) is 18.8. The van der Waals surface area contributed by atoms with Gasteiger partial charge in [-0.25, -0.2) is 21.9 Å². The van der Waals surface area contributed by atoms with Gasteiger partial charge in [0.1, 0.15) is 0 Å². The van der Waals surface area contributed by atoms with Crippen molar-refractivity contribution in [1.29, 1.82) is 0 Å². The highest BCUT2D eigenvalue weighted by molar-refractivity contribution is 7.89. The summed E-state index contributed by atoms with van der Waals surface area (Å²) in [6.07, 6.45) is -0.920. The van der Waals surface area contributed by atoms with Gasteiger partial charge in [0.15, 0.2) is 0 Å². The first-order valence-corrected chi connectivity index (χ1v) is 9.65. The number of rotatable bonds is 4. The van der Waals surface area contributed by atoms with Crippen LogP contribution in [0.4, 0.5) is 8.78 Å². The van der Waals surface area contributed by atoms with Crippen LogP contribution in [0.3, 0.4) is 0 Å². The van der Waals surface area contributed by atoms with Crippen LogP contribution in [-0.2, 0) is 19.3 Å². The highest BCUT2D eigenvalue weighted by Crippen LogP contribution is 2.38. The van der Waals surface area contributed by atoms with Crippen LogP contribution >= 0.6 is 0 Å². The van der Waals surface area contributed by atoms with Crippen molar-refractivity contribution in [2.75, 3.05) is 0 Å². The summed E-state index contributed by atoms with van der Waals surface area (Å²) >= 11 is 0. The molecule has 0 spiro atoms. The second-order valence-electron chi connectivity index (χ2n) is 7.74. The molecule has 1 aromatic carbocycles. The number of hydrogen-bond acceptors (Lipinski definition) is 4. The van der Waals surface area contributed by atoms with Gasteiger partial charge in [0.2, 0.25) is 10.0 Å². The van der Waals surface area contributed by atoms with Crippen LogP contribution in [0, 0.1) is 0 Å². The van der Waals surface area contributed by atoms with Crippen molar-refractivity contribution in [3.05, 3.63) is 24.3 Å². The summed E-state index contributed by atoms with van der Waals surface area (Å²) in [5.74, 6) is -2.77. The molecule has 1 aliphatic heterocycles. The van der Waals surface area contributed by atoms with Gasteiger partial charge in [-0.2, -0.15) is 0 Å². The molecule has 1 saturated heterocycles. The van der Waals surface area contributed by atoms with Crippen molar-refractivity contribution >= 4 is 22.6 Å². The smallest absolute Gasteiger partial charge is 0.399 e. The molecular weight excluding hydrogens is 351 g/mol. The Labute approximate surface area is 147 Å². The largest absolute Gasteiger partial charge is 0.494 e. The molecule has 2 fully saturated rings. The summed E-state index contributed by atoms with van der Waals surface area (Å²) in [5, 5.41) is 0. The molecule has 1 N–H and O–H groups in total. The van der Waals surface area contributed by atoms with E-state index in [4.69, 9.17) is 9.31 Å². The van der Waals surface area contributed by atoms with Crippen LogP contribution in [0.25, 0.3) is 0 Å². The van der Waals surface area contributed by atoms with E-state index >= 15 is 0 Å². The van der Waals surface area contributed by atoms with Gasteiger partial charge in [-0.1, -0.05) is 12.1 Å². The molecule has 25 heavy (non-hydrogen) atoms. The molecule has 0 atom stereocenters. The first-order chi connectivity index (χ1) is 11.3. The average Bonchev–Trinajstić information content (AvgIpc) is 2.65. The molecule has 2 aliphatic rings. The average molecular weight is 373 g/mol. The molecule has 1 heterocycles. The lowest BCUT2D eigenvalue weighted by Crippen LogP contribution is -2.50. The molecule has 0 amide bonds. The van der Waals surface area contributed by atoms with E-state index in [1.807, 2.05) is 27.7 Å². The SMILES string of the molecule is CC1(C)OB(c2ccc(S(=O)(=O)NC3CC(F)(F)C3)cc2)OC1(C)C. The van der Waals surface area contributed by atoms with E-state index in [0.717, 1.165) is 0 Å². The van der Waals surface area contributed by atoms with Crippen molar-refractivity contribution in [2.45, 2.75) is 68.6 Å². The van der Waals surface area contributed by atoms with E-state index < -0.39 is 53.1 Å². The zero-order chi connectivity index (χ0) is 18.7. The molecule has 0 radical (unpaired) electrons. The second-order valence-corrected chi connectivity index (χ2v) is 9.45. The number of nitrogens with one attached hydrogen (secondary N) is 1. The summed E-state index contributed by atoms with van der Waals surface area (Å²) < 4.78 is 64.4. The zero-order valence-corrected chi connectivity index (χ0v) is 15.5. The number of benzene rings is 1. The monoisotopic (exact) mass is 373 g/mol. The molecule has 1 aliphatic carbocycles. The van der Waals surface area contributed by atoms with E-state index in [0.29, 0.717) is 5.46 Å². The summed E-state index contributed by atoms with van der Waals surface area (Å²) in [6.45, 7) is 7.74. The van der Waals surface area contributed by atoms with Gasteiger partial charge in [-0.15, -0.1) is 0 Å². The fourth-order valence-electron chi connectivity index (χ4n) is 2.82. The normalized spacial score (nSPS) is 25.0. The van der Waals surface area contributed by atoms with Crippen LogP contribution in [0.2, 0.25) is 0 Å². The Morgan fingerprint density at radius 2 is 1.52 bits per heavy atom. The summed E-state index contributed by atoms with van der Waals surface area (Å²) in [7, 11) is -4.40. The maximum absolute atomic E-state index is 12.9. The molecule has 9 heteroatoms. The molecule has 5 nitrogen and oxygen atoms in total. The lowest BCUT2D eigenvalue weighted by atomic mass is 9.79. The van der Waals surface area contributed by atoms with Gasteiger partial charge >= 0.3 is 7.12 Å². The summed E-state index contributed by atoms with van der Waals surface area (Å²) in [6, 6.07) is 5.37. The zero-order valence-electron chi connectivity index (χ0n) is 14.7. The Morgan fingerprint density at radius 1 is 1.04 bits per heavy atom. The molecule has 0 bridgehead atoms. The third-order valence-corrected chi connectivity index (χ3v) is 6.66. The van der Waals surface area contributed by atoms with Crippen molar-refractivity contribution in [2.24, 2.45) is 0 Å². The minimum Gasteiger partial charge on any atom is -0.399 e. The van der Waals surface area contributed by atoms with Crippen LogP contribution in [0.15, 0.2) is 29.2 Å². The highest BCUT2D eigenvalue weighted by Gasteiger charge is 2.51. The van der Waals surface area contributed by atoms with E-state index in [1.165, 1.54) is 12.1 Å². The molecule has 1 saturated carbocycles. The third kappa shape index (κ3) is 3.60. The van der Waals surface area contributed by atoms with Gasteiger partial charge in [-0.3, -0.25) is 0 Å². The Balaban J connectivity index is 1.70. The minimum absolute atomic E-state index is 0.0305. The third-order valence-electron chi connectivity index (χ3n) is 5.13.